The molecule has 1 heterocycles. The summed E-state index contributed by atoms with van der Waals surface area (Å²) in [5.41, 5.74) is 6.64. The molecule has 0 fully saturated rings. The summed E-state index contributed by atoms with van der Waals surface area (Å²) in [6.45, 7) is 9.77. The standard InChI is InChI=1S/C23H24N2O2S/c1-13-6-7-19(14(2)8-13)23-25-17(5)22(28-23)20(26)12-24-11-18-9-15(3)21(27)16(4)10-18/h6-11,27H,12H2,1-5H3. The van der Waals surface area contributed by atoms with Gasteiger partial charge < -0.3 is 5.11 Å². The van der Waals surface area contributed by atoms with Crippen molar-refractivity contribution in [2.75, 3.05) is 6.54 Å². The summed E-state index contributed by atoms with van der Waals surface area (Å²) < 4.78 is 0. The Morgan fingerprint density at radius 2 is 1.75 bits per heavy atom. The van der Waals surface area contributed by atoms with E-state index in [9.17, 15) is 9.90 Å². The van der Waals surface area contributed by atoms with Crippen LogP contribution >= 0.6 is 11.3 Å². The number of rotatable bonds is 5. The van der Waals surface area contributed by atoms with Gasteiger partial charge in [-0.05, 0) is 69.0 Å². The molecule has 0 spiro atoms. The molecule has 4 nitrogen and oxygen atoms in total. The van der Waals surface area contributed by atoms with E-state index in [0.717, 1.165) is 38.5 Å². The van der Waals surface area contributed by atoms with Crippen molar-refractivity contribution in [3.05, 3.63) is 68.7 Å². The molecule has 0 amide bonds. The molecule has 3 rings (SSSR count). The van der Waals surface area contributed by atoms with Crippen LogP contribution in [-0.4, -0.2) is 28.6 Å². The van der Waals surface area contributed by atoms with E-state index in [-0.39, 0.29) is 12.3 Å². The van der Waals surface area contributed by atoms with Crippen LogP contribution in [0.5, 0.6) is 5.75 Å². The number of hydrogen-bond acceptors (Lipinski definition) is 5. The molecule has 0 saturated carbocycles. The molecule has 0 radical (unpaired) electrons. The van der Waals surface area contributed by atoms with Crippen LogP contribution in [0.3, 0.4) is 0 Å². The van der Waals surface area contributed by atoms with E-state index in [1.165, 1.54) is 16.9 Å². The number of hydrogen-bond donors (Lipinski definition) is 1. The smallest absolute Gasteiger partial charge is 0.196 e. The molecule has 28 heavy (non-hydrogen) atoms. The van der Waals surface area contributed by atoms with E-state index in [1.54, 1.807) is 6.21 Å². The van der Waals surface area contributed by atoms with Crippen molar-refractivity contribution in [3.63, 3.8) is 0 Å². The summed E-state index contributed by atoms with van der Waals surface area (Å²) in [4.78, 5) is 22.2. The van der Waals surface area contributed by atoms with Crippen LogP contribution in [0, 0.1) is 34.6 Å². The van der Waals surface area contributed by atoms with Gasteiger partial charge in [0.25, 0.3) is 0 Å². The van der Waals surface area contributed by atoms with Crippen molar-refractivity contribution in [3.8, 4) is 16.3 Å². The average Bonchev–Trinajstić information content (AvgIpc) is 3.01. The minimum Gasteiger partial charge on any atom is -0.507 e. The molecular weight excluding hydrogens is 368 g/mol. The van der Waals surface area contributed by atoms with E-state index in [2.05, 4.69) is 42.0 Å². The lowest BCUT2D eigenvalue weighted by molar-refractivity contribution is 0.100. The third-order valence-electron chi connectivity index (χ3n) is 4.65. The highest BCUT2D eigenvalue weighted by atomic mass is 32.1. The van der Waals surface area contributed by atoms with Crippen molar-refractivity contribution < 1.29 is 9.90 Å². The number of aryl methyl sites for hydroxylation is 5. The van der Waals surface area contributed by atoms with Crippen molar-refractivity contribution in [1.29, 1.82) is 0 Å². The Labute approximate surface area is 169 Å². The summed E-state index contributed by atoms with van der Waals surface area (Å²) in [6, 6.07) is 9.95. The Balaban J connectivity index is 1.77. The van der Waals surface area contributed by atoms with Crippen LogP contribution in [0.1, 0.15) is 43.2 Å². The van der Waals surface area contributed by atoms with Gasteiger partial charge in [0.15, 0.2) is 5.78 Å². The molecule has 0 aliphatic heterocycles. The number of aliphatic imine (C=N–C) groups is 1. The van der Waals surface area contributed by atoms with Crippen LogP contribution in [0.4, 0.5) is 0 Å². The van der Waals surface area contributed by atoms with E-state index >= 15 is 0 Å². The van der Waals surface area contributed by atoms with Crippen molar-refractivity contribution in [2.24, 2.45) is 4.99 Å². The van der Waals surface area contributed by atoms with Gasteiger partial charge in [0.2, 0.25) is 0 Å². The molecule has 1 aromatic heterocycles. The van der Waals surface area contributed by atoms with Crippen LogP contribution < -0.4 is 0 Å². The number of phenolic OH excluding ortho intramolecular Hbond substituents is 1. The number of carbonyl (C=O) groups is 1. The number of aromatic nitrogens is 1. The minimum atomic E-state index is -0.0329. The Kier molecular flexibility index (Phi) is 5.75. The topological polar surface area (TPSA) is 62.5 Å². The zero-order valence-electron chi connectivity index (χ0n) is 16.8. The van der Waals surface area contributed by atoms with Gasteiger partial charge in [-0.2, -0.15) is 0 Å². The summed E-state index contributed by atoms with van der Waals surface area (Å²) in [5.74, 6) is 0.266. The highest BCUT2D eigenvalue weighted by molar-refractivity contribution is 7.17. The molecule has 0 saturated heterocycles. The maximum absolute atomic E-state index is 12.6. The number of ketones is 1. The second-order valence-corrected chi connectivity index (χ2v) is 8.15. The molecule has 5 heteroatoms. The van der Waals surface area contributed by atoms with Gasteiger partial charge in [-0.25, -0.2) is 4.98 Å². The summed E-state index contributed by atoms with van der Waals surface area (Å²) >= 11 is 1.43. The highest BCUT2D eigenvalue weighted by Gasteiger charge is 2.16. The third-order valence-corrected chi connectivity index (χ3v) is 5.88. The Bertz CT molecular complexity index is 1060. The summed E-state index contributed by atoms with van der Waals surface area (Å²) in [6.07, 6.45) is 1.68. The van der Waals surface area contributed by atoms with Gasteiger partial charge in [0.1, 0.15) is 17.3 Å². The predicted molar refractivity (Wildman–Crippen MR) is 116 cm³/mol. The lowest BCUT2D eigenvalue weighted by Gasteiger charge is -2.04. The second kappa shape index (κ2) is 8.07. The minimum absolute atomic E-state index is 0.0329. The lowest BCUT2D eigenvalue weighted by Crippen LogP contribution is -2.03. The lowest BCUT2D eigenvalue weighted by atomic mass is 10.1. The maximum atomic E-state index is 12.6. The van der Waals surface area contributed by atoms with E-state index in [1.807, 2.05) is 32.9 Å². The van der Waals surface area contributed by atoms with Gasteiger partial charge in [-0.1, -0.05) is 23.8 Å². The molecule has 2 aromatic carbocycles. The largest absolute Gasteiger partial charge is 0.507 e. The van der Waals surface area contributed by atoms with Gasteiger partial charge in [0, 0.05) is 11.8 Å². The molecule has 0 atom stereocenters. The fourth-order valence-electron chi connectivity index (χ4n) is 3.19. The van der Waals surface area contributed by atoms with Gasteiger partial charge in [-0.15, -0.1) is 11.3 Å². The SMILES string of the molecule is Cc1ccc(-c2nc(C)c(C(=O)CN=Cc3cc(C)c(O)c(C)c3)s2)c(C)c1. The molecule has 0 aliphatic rings. The molecule has 0 bridgehead atoms. The molecule has 1 N–H and O–H groups in total. The zero-order chi connectivity index (χ0) is 20.4. The van der Waals surface area contributed by atoms with E-state index in [4.69, 9.17) is 0 Å². The van der Waals surface area contributed by atoms with E-state index in [0.29, 0.717) is 10.6 Å². The second-order valence-electron chi connectivity index (χ2n) is 7.15. The van der Waals surface area contributed by atoms with Crippen molar-refractivity contribution in [2.45, 2.75) is 34.6 Å². The van der Waals surface area contributed by atoms with Crippen LogP contribution in [0.15, 0.2) is 35.3 Å². The number of phenols is 1. The average molecular weight is 393 g/mol. The monoisotopic (exact) mass is 392 g/mol. The number of benzene rings is 2. The van der Waals surface area contributed by atoms with Crippen LogP contribution in [0.2, 0.25) is 0 Å². The first-order valence-electron chi connectivity index (χ1n) is 9.14. The Morgan fingerprint density at radius 3 is 2.39 bits per heavy atom. The molecule has 3 aromatic rings. The molecular formula is C23H24N2O2S. The molecule has 0 unspecified atom stereocenters. The first-order chi connectivity index (χ1) is 13.3. The van der Waals surface area contributed by atoms with Gasteiger partial charge in [0.05, 0.1) is 10.6 Å². The van der Waals surface area contributed by atoms with Crippen LogP contribution in [-0.2, 0) is 0 Å². The number of nitrogens with zero attached hydrogens (tertiary/aromatic N) is 2. The number of aromatic hydroxyl groups is 1. The van der Waals surface area contributed by atoms with Gasteiger partial charge in [-0.3, -0.25) is 9.79 Å². The van der Waals surface area contributed by atoms with Crippen molar-refractivity contribution in [1.82, 2.24) is 4.98 Å². The van der Waals surface area contributed by atoms with Crippen molar-refractivity contribution >= 4 is 23.3 Å². The zero-order valence-corrected chi connectivity index (χ0v) is 17.6. The number of carbonyl (C=O) groups excluding carboxylic acids is 1. The molecule has 0 aliphatic carbocycles. The third kappa shape index (κ3) is 4.20. The fourth-order valence-corrected chi connectivity index (χ4v) is 4.28. The fraction of sp³-hybridized carbons (Fsp3) is 0.261. The Morgan fingerprint density at radius 1 is 1.07 bits per heavy atom. The maximum Gasteiger partial charge on any atom is 0.196 e. The predicted octanol–water partition coefficient (Wildman–Crippen LogP) is 5.36. The first-order valence-corrected chi connectivity index (χ1v) is 9.96. The molecule has 144 valence electrons. The van der Waals surface area contributed by atoms with E-state index < -0.39 is 0 Å². The highest BCUT2D eigenvalue weighted by Crippen LogP contribution is 2.31. The normalized spacial score (nSPS) is 11.3. The summed E-state index contributed by atoms with van der Waals surface area (Å²) in [7, 11) is 0. The number of Topliss-reactive ketones (excluding diaryl/α,β-unsaturated/α-hetero) is 1. The number of thiazole rings is 1. The van der Waals surface area contributed by atoms with Crippen LogP contribution in [0.25, 0.3) is 10.6 Å². The first kappa shape index (κ1) is 20.0. The quantitative estimate of drug-likeness (QED) is 0.470. The Hall–Kier alpha value is -2.79. The summed E-state index contributed by atoms with van der Waals surface area (Å²) in [5, 5.41) is 10.7. The van der Waals surface area contributed by atoms with Gasteiger partial charge >= 0.3 is 0 Å².